The standard InChI is InChI=1S/C51H38N4O2/c1-3-11-31(12-4-1)49-52-50(32-13-5-2-6-14-32)54-51(53-49)35-21-25-41-39-23-19-33(27-45(39)56-47(41)29-35)34-20-24-40-42-26-22-36(30-48(42)57-46(40)28-34)55-43-17-9-7-15-37(43)38-16-8-10-18-44(38)55/h1-9,11-17,19-30,42,48-49,51,53H,10,18H2,(H,52,54). The number of nitrogens with zero attached hydrogens (tertiary/aromatic N) is 2. The zero-order valence-electron chi connectivity index (χ0n) is 31.1. The van der Waals surface area contributed by atoms with Crippen molar-refractivity contribution in [3.05, 3.63) is 197 Å². The summed E-state index contributed by atoms with van der Waals surface area (Å²) in [7, 11) is 0. The molecule has 0 saturated heterocycles. The maximum atomic E-state index is 6.74. The largest absolute Gasteiger partial charge is 0.485 e. The molecule has 4 unspecified atom stereocenters. The molecule has 2 aliphatic heterocycles. The normalized spacial score (nSPS) is 20.8. The van der Waals surface area contributed by atoms with Gasteiger partial charge in [-0.15, -0.1) is 0 Å². The molecule has 57 heavy (non-hydrogen) atoms. The smallest absolute Gasteiger partial charge is 0.136 e. The lowest BCUT2D eigenvalue weighted by molar-refractivity contribution is 0.269. The number of benzene rings is 6. The Hall–Kier alpha value is -6.89. The lowest BCUT2D eigenvalue weighted by atomic mass is 9.90. The van der Waals surface area contributed by atoms with E-state index in [-0.39, 0.29) is 24.4 Å². The number of hydrogen-bond acceptors (Lipinski definition) is 5. The van der Waals surface area contributed by atoms with Gasteiger partial charge in [-0.05, 0) is 77.6 Å². The van der Waals surface area contributed by atoms with Crippen LogP contribution in [-0.4, -0.2) is 16.5 Å². The molecule has 0 fully saturated rings. The molecular formula is C51H38N4O2. The first-order valence-corrected chi connectivity index (χ1v) is 19.9. The highest BCUT2D eigenvalue weighted by Crippen LogP contribution is 2.46. The number of ether oxygens (including phenoxy) is 1. The van der Waals surface area contributed by atoms with Crippen molar-refractivity contribution < 1.29 is 9.15 Å². The average molecular weight is 739 g/mol. The highest BCUT2D eigenvalue weighted by Gasteiger charge is 2.35. The molecule has 0 amide bonds. The highest BCUT2D eigenvalue weighted by molar-refractivity contribution is 6.06. The molecule has 12 rings (SSSR count). The van der Waals surface area contributed by atoms with Crippen LogP contribution in [0.2, 0.25) is 0 Å². The van der Waals surface area contributed by atoms with Crippen LogP contribution in [-0.2, 0) is 6.42 Å². The Kier molecular flexibility index (Phi) is 7.29. The van der Waals surface area contributed by atoms with Gasteiger partial charge in [-0.25, -0.2) is 4.99 Å². The van der Waals surface area contributed by atoms with Crippen LogP contribution in [0.1, 0.15) is 58.2 Å². The van der Waals surface area contributed by atoms with Crippen LogP contribution in [0.15, 0.2) is 173 Å². The minimum Gasteiger partial charge on any atom is -0.485 e. The molecule has 2 aliphatic carbocycles. The van der Waals surface area contributed by atoms with E-state index in [1.807, 2.05) is 24.3 Å². The summed E-state index contributed by atoms with van der Waals surface area (Å²) < 4.78 is 15.8. The quantitative estimate of drug-likeness (QED) is 0.185. The molecule has 6 nitrogen and oxygen atoms in total. The summed E-state index contributed by atoms with van der Waals surface area (Å²) in [4.78, 5) is 5.14. The second-order valence-corrected chi connectivity index (χ2v) is 15.4. The minimum atomic E-state index is -0.263. The number of fused-ring (bicyclic) bond motifs is 9. The summed E-state index contributed by atoms with van der Waals surface area (Å²) in [6.07, 6.45) is 13.2. The molecule has 2 N–H and O–H groups in total. The molecule has 2 aromatic heterocycles. The van der Waals surface area contributed by atoms with Gasteiger partial charge in [-0.3, -0.25) is 5.32 Å². The lowest BCUT2D eigenvalue weighted by Crippen LogP contribution is -2.44. The van der Waals surface area contributed by atoms with Crippen molar-refractivity contribution in [1.29, 1.82) is 0 Å². The summed E-state index contributed by atoms with van der Waals surface area (Å²) in [6.45, 7) is 0. The molecule has 4 aliphatic rings. The van der Waals surface area contributed by atoms with Crippen molar-refractivity contribution in [2.75, 3.05) is 0 Å². The predicted molar refractivity (Wildman–Crippen MR) is 230 cm³/mol. The van der Waals surface area contributed by atoms with E-state index in [1.165, 1.54) is 33.4 Å². The third-order valence-electron chi connectivity index (χ3n) is 12.1. The van der Waals surface area contributed by atoms with Crippen LogP contribution < -0.4 is 15.4 Å². The van der Waals surface area contributed by atoms with Gasteiger partial charge in [0.05, 0.1) is 5.52 Å². The summed E-state index contributed by atoms with van der Waals surface area (Å²) in [5.41, 5.74) is 13.5. The SMILES string of the molecule is C1=Cc2c(n(C3=CC4Oc5cc(-c6ccc7c(c6)oc6cc(C8N=C(c9ccccc9)NC(c9ccccc9)N8)ccc67)ccc5C4C=C3)c3ccccc23)CC1. The van der Waals surface area contributed by atoms with E-state index in [2.05, 4.69) is 161 Å². The molecule has 0 saturated carbocycles. The average Bonchev–Trinajstić information content (AvgIpc) is 3.95. The van der Waals surface area contributed by atoms with Crippen molar-refractivity contribution in [3.8, 4) is 16.9 Å². The first-order chi connectivity index (χ1) is 28.2. The molecule has 8 aromatic rings. The molecule has 6 aromatic carbocycles. The topological polar surface area (TPSA) is 63.7 Å². The molecular weight excluding hydrogens is 701 g/mol. The number of aromatic nitrogens is 1. The Bertz CT molecular complexity index is 3020. The first kappa shape index (κ1) is 32.4. The van der Waals surface area contributed by atoms with Crippen LogP contribution in [0, 0.1) is 0 Å². The summed E-state index contributed by atoms with van der Waals surface area (Å²) in [5.74, 6) is 1.99. The van der Waals surface area contributed by atoms with Crippen LogP contribution >= 0.6 is 0 Å². The molecule has 4 heterocycles. The lowest BCUT2D eigenvalue weighted by Gasteiger charge is -2.32. The van der Waals surface area contributed by atoms with Crippen LogP contribution in [0.4, 0.5) is 0 Å². The van der Waals surface area contributed by atoms with Gasteiger partial charge >= 0.3 is 0 Å². The van der Waals surface area contributed by atoms with Gasteiger partial charge in [0, 0.05) is 50.2 Å². The summed E-state index contributed by atoms with van der Waals surface area (Å²) >= 11 is 0. The van der Waals surface area contributed by atoms with E-state index in [1.54, 1.807) is 0 Å². The maximum absolute atomic E-state index is 6.74. The number of amidine groups is 1. The van der Waals surface area contributed by atoms with Crippen molar-refractivity contribution in [2.45, 2.75) is 37.2 Å². The van der Waals surface area contributed by atoms with E-state index >= 15 is 0 Å². The van der Waals surface area contributed by atoms with Crippen LogP contribution in [0.25, 0.3) is 55.7 Å². The van der Waals surface area contributed by atoms with Gasteiger partial charge in [0.25, 0.3) is 0 Å². The number of aliphatic imine (C=N–C) groups is 1. The van der Waals surface area contributed by atoms with Gasteiger partial charge in [0.15, 0.2) is 0 Å². The highest BCUT2D eigenvalue weighted by atomic mass is 16.5. The van der Waals surface area contributed by atoms with Crippen molar-refractivity contribution in [3.63, 3.8) is 0 Å². The second kappa shape index (κ2) is 12.8. The number of furan rings is 1. The molecule has 4 atom stereocenters. The Morgan fingerprint density at radius 1 is 0.667 bits per heavy atom. The first-order valence-electron chi connectivity index (χ1n) is 19.9. The van der Waals surface area contributed by atoms with E-state index in [9.17, 15) is 0 Å². The van der Waals surface area contributed by atoms with Gasteiger partial charge in [-0.1, -0.05) is 127 Å². The fourth-order valence-corrected chi connectivity index (χ4v) is 9.31. The van der Waals surface area contributed by atoms with Gasteiger partial charge in [-0.2, -0.15) is 0 Å². The summed E-state index contributed by atoms with van der Waals surface area (Å²) in [5, 5.41) is 10.8. The second-order valence-electron chi connectivity index (χ2n) is 15.4. The van der Waals surface area contributed by atoms with Gasteiger partial charge < -0.3 is 19.0 Å². The zero-order valence-corrected chi connectivity index (χ0v) is 31.1. The molecule has 6 heteroatoms. The zero-order chi connectivity index (χ0) is 37.5. The Balaban J connectivity index is 0.846. The van der Waals surface area contributed by atoms with Crippen molar-refractivity contribution in [2.24, 2.45) is 4.99 Å². The fourth-order valence-electron chi connectivity index (χ4n) is 9.31. The Morgan fingerprint density at radius 3 is 2.33 bits per heavy atom. The number of para-hydroxylation sites is 1. The van der Waals surface area contributed by atoms with Crippen LogP contribution in [0.3, 0.4) is 0 Å². The monoisotopic (exact) mass is 738 g/mol. The van der Waals surface area contributed by atoms with Gasteiger partial charge in [0.1, 0.15) is 41.2 Å². The van der Waals surface area contributed by atoms with Crippen molar-refractivity contribution in [1.82, 2.24) is 15.2 Å². The van der Waals surface area contributed by atoms with Crippen LogP contribution in [0.5, 0.6) is 5.75 Å². The van der Waals surface area contributed by atoms with Gasteiger partial charge in [0.2, 0.25) is 0 Å². The minimum absolute atomic E-state index is 0.0521. The van der Waals surface area contributed by atoms with E-state index in [4.69, 9.17) is 14.1 Å². The number of hydrogen-bond donors (Lipinski definition) is 2. The maximum Gasteiger partial charge on any atom is 0.136 e. The summed E-state index contributed by atoms with van der Waals surface area (Å²) in [6, 6.07) is 49.2. The Morgan fingerprint density at radius 2 is 1.44 bits per heavy atom. The fraction of sp³-hybridized carbons (Fsp3) is 0.118. The number of allylic oxidation sites excluding steroid dienone is 3. The van der Waals surface area contributed by atoms with E-state index < -0.39 is 0 Å². The van der Waals surface area contributed by atoms with Crippen molar-refractivity contribution >= 4 is 50.5 Å². The van der Waals surface area contributed by atoms with E-state index in [0.29, 0.717) is 0 Å². The molecule has 0 radical (unpaired) electrons. The molecule has 0 bridgehead atoms. The third-order valence-corrected chi connectivity index (χ3v) is 12.1. The van der Waals surface area contributed by atoms with E-state index in [0.717, 1.165) is 74.2 Å². The predicted octanol–water partition coefficient (Wildman–Crippen LogP) is 11.5. The number of rotatable bonds is 5. The third kappa shape index (κ3) is 5.32. The molecule has 274 valence electrons. The number of nitrogens with one attached hydrogen (secondary N) is 2. The Labute approximate surface area is 330 Å². The molecule has 0 spiro atoms.